The summed E-state index contributed by atoms with van der Waals surface area (Å²) in [4.78, 5) is 48.9. The molecule has 0 amide bonds. The molecule has 1 aromatic heterocycles. The highest BCUT2D eigenvalue weighted by atomic mass is 32.2. The summed E-state index contributed by atoms with van der Waals surface area (Å²) in [6.07, 6.45) is 1.80. The molecule has 0 bridgehead atoms. The average molecular weight is 400 g/mol. The van der Waals surface area contributed by atoms with E-state index in [1.165, 1.54) is 29.4 Å². The van der Waals surface area contributed by atoms with Crippen LogP contribution in [0.4, 0.5) is 0 Å². The Morgan fingerprint density at radius 2 is 2.11 bits per heavy atom. The Bertz CT molecular complexity index is 788. The highest BCUT2D eigenvalue weighted by molar-refractivity contribution is 7.98. The summed E-state index contributed by atoms with van der Waals surface area (Å²) < 4.78 is 18.1. The molecule has 27 heavy (non-hydrogen) atoms. The number of thioether (sulfide) groups is 1. The minimum atomic E-state index is -0.693. The van der Waals surface area contributed by atoms with Crippen molar-refractivity contribution in [1.82, 2.24) is 9.55 Å². The molecular formula is C17H24N2O7S. The molecule has 9 nitrogen and oxygen atoms in total. The second-order valence-corrected chi connectivity index (χ2v) is 7.16. The van der Waals surface area contributed by atoms with Crippen LogP contribution in [0.5, 0.6) is 0 Å². The van der Waals surface area contributed by atoms with Crippen molar-refractivity contribution in [2.45, 2.75) is 51.5 Å². The van der Waals surface area contributed by atoms with E-state index in [9.17, 15) is 19.2 Å². The van der Waals surface area contributed by atoms with Crippen LogP contribution in [0.15, 0.2) is 15.8 Å². The number of Topliss-reactive ketones (excluding diaryl/α,β-unsaturated/α-hetero) is 1. The van der Waals surface area contributed by atoms with E-state index in [1.54, 1.807) is 6.92 Å². The Labute approximate surface area is 160 Å². The lowest BCUT2D eigenvalue weighted by Gasteiger charge is -2.18. The number of H-pyrrole nitrogens is 1. The number of nitrogens with one attached hydrogen (secondary N) is 1. The summed E-state index contributed by atoms with van der Waals surface area (Å²) >= 11 is 1.50. The number of aryl methyl sites for hydroxylation is 1. The summed E-state index contributed by atoms with van der Waals surface area (Å²) in [6.45, 7) is 3.19. The zero-order chi connectivity index (χ0) is 20.0. The maximum absolute atomic E-state index is 12.1. The second kappa shape index (κ2) is 9.86. The Morgan fingerprint density at radius 3 is 2.78 bits per heavy atom. The molecule has 1 aliphatic heterocycles. The highest BCUT2D eigenvalue weighted by Crippen LogP contribution is 2.30. The SMILES string of the molecule is CSCOC[C@H]1O[C@@H](n2cc(C)c(=O)[nH]c2=O)C[C@@H]1OC(=O)CCC(C)=O. The molecule has 0 unspecified atom stereocenters. The molecule has 0 aromatic carbocycles. The van der Waals surface area contributed by atoms with Crippen LogP contribution < -0.4 is 11.2 Å². The van der Waals surface area contributed by atoms with Gasteiger partial charge in [-0.1, -0.05) is 0 Å². The lowest BCUT2D eigenvalue weighted by atomic mass is 10.1. The molecule has 1 saturated heterocycles. The van der Waals surface area contributed by atoms with Crippen molar-refractivity contribution in [3.63, 3.8) is 0 Å². The molecule has 2 heterocycles. The largest absolute Gasteiger partial charge is 0.459 e. The topological polar surface area (TPSA) is 117 Å². The summed E-state index contributed by atoms with van der Waals surface area (Å²) in [5, 5.41) is 0. The van der Waals surface area contributed by atoms with Gasteiger partial charge in [0.25, 0.3) is 5.56 Å². The first-order valence-corrected chi connectivity index (χ1v) is 9.94. The molecule has 1 aliphatic rings. The van der Waals surface area contributed by atoms with Crippen molar-refractivity contribution in [3.05, 3.63) is 32.6 Å². The molecule has 10 heteroatoms. The van der Waals surface area contributed by atoms with Gasteiger partial charge in [0.2, 0.25) is 0 Å². The van der Waals surface area contributed by atoms with Gasteiger partial charge in [0.05, 0.1) is 19.0 Å². The number of esters is 1. The van der Waals surface area contributed by atoms with Crippen molar-refractivity contribution < 1.29 is 23.8 Å². The number of aromatic amines is 1. The minimum absolute atomic E-state index is 0.00734. The van der Waals surface area contributed by atoms with E-state index in [4.69, 9.17) is 14.2 Å². The van der Waals surface area contributed by atoms with E-state index < -0.39 is 35.7 Å². The predicted molar refractivity (Wildman–Crippen MR) is 98.7 cm³/mol. The quantitative estimate of drug-likeness (QED) is 0.367. The van der Waals surface area contributed by atoms with Gasteiger partial charge in [-0.15, -0.1) is 11.8 Å². The van der Waals surface area contributed by atoms with E-state index in [0.29, 0.717) is 11.5 Å². The minimum Gasteiger partial charge on any atom is -0.459 e. The maximum atomic E-state index is 12.1. The summed E-state index contributed by atoms with van der Waals surface area (Å²) in [5.74, 6) is -0.144. The smallest absolute Gasteiger partial charge is 0.330 e. The van der Waals surface area contributed by atoms with Gasteiger partial charge in [-0.05, 0) is 20.1 Å². The fraction of sp³-hybridized carbons (Fsp3) is 0.647. The first-order chi connectivity index (χ1) is 12.8. The Morgan fingerprint density at radius 1 is 1.37 bits per heavy atom. The third-order valence-corrected chi connectivity index (χ3v) is 4.49. The van der Waals surface area contributed by atoms with Gasteiger partial charge < -0.3 is 19.0 Å². The molecule has 1 N–H and O–H groups in total. The molecule has 1 fully saturated rings. The van der Waals surface area contributed by atoms with Crippen LogP contribution in [0.2, 0.25) is 0 Å². The van der Waals surface area contributed by atoms with Crippen LogP contribution in [-0.2, 0) is 23.8 Å². The molecule has 0 radical (unpaired) electrons. The standard InChI is InChI=1S/C17H24N2O7S/c1-10-7-19(17(23)18-16(10)22)14-6-12(13(25-14)8-24-9-27-3)26-15(21)5-4-11(2)20/h7,12-14H,4-6,8-9H2,1-3H3,(H,18,22,23)/t12-,13+,14+/m0/s1. The van der Waals surface area contributed by atoms with Crippen molar-refractivity contribution >= 4 is 23.5 Å². The number of rotatable bonds is 9. The molecular weight excluding hydrogens is 376 g/mol. The fourth-order valence-electron chi connectivity index (χ4n) is 2.70. The van der Waals surface area contributed by atoms with Crippen LogP contribution in [-0.4, -0.2) is 52.3 Å². The number of carbonyl (C=O) groups excluding carboxylic acids is 2. The van der Waals surface area contributed by atoms with Crippen molar-refractivity contribution in [1.29, 1.82) is 0 Å². The summed E-state index contributed by atoms with van der Waals surface area (Å²) in [7, 11) is 0. The van der Waals surface area contributed by atoms with Crippen molar-refractivity contribution in [3.8, 4) is 0 Å². The first-order valence-electron chi connectivity index (χ1n) is 8.55. The highest BCUT2D eigenvalue weighted by Gasteiger charge is 2.39. The Hall–Kier alpha value is -1.91. The molecule has 3 atom stereocenters. The Kier molecular flexibility index (Phi) is 7.81. The number of hydrogen-bond acceptors (Lipinski definition) is 8. The maximum Gasteiger partial charge on any atom is 0.330 e. The van der Waals surface area contributed by atoms with E-state index in [0.717, 1.165) is 0 Å². The normalized spacial score (nSPS) is 22.0. The van der Waals surface area contributed by atoms with Crippen LogP contribution in [0.3, 0.4) is 0 Å². The van der Waals surface area contributed by atoms with Gasteiger partial charge in [0.15, 0.2) is 0 Å². The monoisotopic (exact) mass is 400 g/mol. The number of carbonyl (C=O) groups is 2. The third kappa shape index (κ3) is 6.05. The van der Waals surface area contributed by atoms with E-state index in [2.05, 4.69) is 4.98 Å². The van der Waals surface area contributed by atoms with Crippen molar-refractivity contribution in [2.24, 2.45) is 0 Å². The van der Waals surface area contributed by atoms with E-state index in [1.807, 2.05) is 6.26 Å². The van der Waals surface area contributed by atoms with Gasteiger partial charge in [-0.3, -0.25) is 19.1 Å². The van der Waals surface area contributed by atoms with Gasteiger partial charge >= 0.3 is 11.7 Å². The molecule has 0 spiro atoms. The van der Waals surface area contributed by atoms with E-state index >= 15 is 0 Å². The first kappa shape index (κ1) is 21.4. The molecule has 1 aromatic rings. The van der Waals surface area contributed by atoms with Crippen LogP contribution in [0, 0.1) is 6.92 Å². The van der Waals surface area contributed by atoms with Gasteiger partial charge in [-0.25, -0.2) is 4.79 Å². The molecule has 150 valence electrons. The zero-order valence-electron chi connectivity index (χ0n) is 15.6. The number of hydrogen-bond donors (Lipinski definition) is 1. The summed E-state index contributed by atoms with van der Waals surface area (Å²) in [6, 6.07) is 0. The predicted octanol–water partition coefficient (Wildman–Crippen LogP) is 0.751. The summed E-state index contributed by atoms with van der Waals surface area (Å²) in [5.41, 5.74) is -0.681. The lowest BCUT2D eigenvalue weighted by molar-refractivity contribution is -0.154. The Balaban J connectivity index is 2.12. The lowest BCUT2D eigenvalue weighted by Crippen LogP contribution is -2.33. The average Bonchev–Trinajstić information content (AvgIpc) is 2.99. The number of ketones is 1. The number of ether oxygens (including phenoxy) is 3. The van der Waals surface area contributed by atoms with Gasteiger partial charge in [-0.2, -0.15) is 0 Å². The van der Waals surface area contributed by atoms with Crippen LogP contribution in [0.25, 0.3) is 0 Å². The zero-order valence-corrected chi connectivity index (χ0v) is 16.4. The second-order valence-electron chi connectivity index (χ2n) is 6.35. The molecule has 0 aliphatic carbocycles. The number of aromatic nitrogens is 2. The van der Waals surface area contributed by atoms with Gasteiger partial charge in [0.1, 0.15) is 24.2 Å². The van der Waals surface area contributed by atoms with E-state index in [-0.39, 0.29) is 31.7 Å². The van der Waals surface area contributed by atoms with Crippen LogP contribution >= 0.6 is 11.8 Å². The molecule has 0 saturated carbocycles. The number of nitrogens with zero attached hydrogens (tertiary/aromatic N) is 1. The van der Waals surface area contributed by atoms with Gasteiger partial charge in [0, 0.05) is 24.6 Å². The van der Waals surface area contributed by atoms with Crippen LogP contribution in [0.1, 0.15) is 38.0 Å². The van der Waals surface area contributed by atoms with Crippen molar-refractivity contribution in [2.75, 3.05) is 18.8 Å². The molecule has 2 rings (SSSR count). The third-order valence-electron chi connectivity index (χ3n) is 4.08. The fourth-order valence-corrected chi connectivity index (χ4v) is 2.96.